The third-order valence-corrected chi connectivity index (χ3v) is 8.23. The van der Waals surface area contributed by atoms with Crippen molar-refractivity contribution >= 4 is 17.6 Å². The standard InChI is InChI=1S/C31H38FN5O3/c1-21(2)29-33-14-16-34(29)15-13-28(38)35-18-26(25-11-6-7-12-27(25)40-5)31(19-35)20-36(22(3)4)30(39)37(31)24-10-8-9-23(32)17-24/h6-12,14,16-17,21-22,26H,13,15,18-20H2,1-5H3/t26?,31-/m1/s1. The van der Waals surface area contributed by atoms with Crippen molar-refractivity contribution in [2.24, 2.45) is 0 Å². The molecule has 0 saturated carbocycles. The maximum absolute atomic E-state index is 14.5. The Hall–Kier alpha value is -3.88. The van der Waals surface area contributed by atoms with Gasteiger partial charge < -0.3 is 19.1 Å². The molecule has 0 bridgehead atoms. The van der Waals surface area contributed by atoms with Gasteiger partial charge in [0.15, 0.2) is 0 Å². The molecule has 8 nitrogen and oxygen atoms in total. The van der Waals surface area contributed by atoms with Crippen molar-refractivity contribution < 1.29 is 18.7 Å². The number of aryl methyl sites for hydroxylation is 1. The number of urea groups is 1. The zero-order chi connectivity index (χ0) is 28.6. The second kappa shape index (κ2) is 10.9. The fraction of sp³-hybridized carbons (Fsp3) is 0.452. The molecule has 1 aromatic heterocycles. The molecule has 0 radical (unpaired) electrons. The molecule has 3 heterocycles. The third kappa shape index (κ3) is 4.82. The number of carbonyl (C=O) groups excluding carboxylic acids is 2. The van der Waals surface area contributed by atoms with Crippen LogP contribution in [-0.2, 0) is 11.3 Å². The lowest BCUT2D eigenvalue weighted by Crippen LogP contribution is -2.53. The number of hydrogen-bond acceptors (Lipinski definition) is 4. The number of halogens is 1. The van der Waals surface area contributed by atoms with Gasteiger partial charge in [0.05, 0.1) is 12.6 Å². The maximum atomic E-state index is 14.5. The molecule has 1 unspecified atom stereocenters. The molecule has 2 aliphatic rings. The number of aromatic nitrogens is 2. The summed E-state index contributed by atoms with van der Waals surface area (Å²) in [6, 6.07) is 13.7. The first-order valence-corrected chi connectivity index (χ1v) is 13.9. The first-order valence-electron chi connectivity index (χ1n) is 13.9. The number of nitrogens with zero attached hydrogens (tertiary/aromatic N) is 5. The highest BCUT2D eigenvalue weighted by Crippen LogP contribution is 2.49. The summed E-state index contributed by atoms with van der Waals surface area (Å²) in [7, 11) is 1.63. The Bertz CT molecular complexity index is 1390. The monoisotopic (exact) mass is 547 g/mol. The molecule has 2 aromatic carbocycles. The Labute approximate surface area is 235 Å². The van der Waals surface area contributed by atoms with Gasteiger partial charge in [-0.1, -0.05) is 38.1 Å². The normalized spacial score (nSPS) is 20.9. The van der Waals surface area contributed by atoms with E-state index in [0.717, 1.165) is 11.4 Å². The van der Waals surface area contributed by atoms with Crippen LogP contribution in [0.1, 0.15) is 57.3 Å². The quantitative estimate of drug-likeness (QED) is 0.386. The van der Waals surface area contributed by atoms with Crippen LogP contribution < -0.4 is 9.64 Å². The van der Waals surface area contributed by atoms with Crippen molar-refractivity contribution in [3.63, 3.8) is 0 Å². The lowest BCUT2D eigenvalue weighted by atomic mass is 9.80. The fourth-order valence-corrected chi connectivity index (χ4v) is 6.34. The third-order valence-electron chi connectivity index (χ3n) is 8.23. The molecule has 2 saturated heterocycles. The summed E-state index contributed by atoms with van der Waals surface area (Å²) in [6.45, 7) is 9.82. The molecule has 5 rings (SSSR count). The first-order chi connectivity index (χ1) is 19.2. The van der Waals surface area contributed by atoms with E-state index in [2.05, 4.69) is 18.8 Å². The summed E-state index contributed by atoms with van der Waals surface area (Å²) < 4.78 is 22.3. The van der Waals surface area contributed by atoms with E-state index in [1.807, 2.05) is 58.7 Å². The highest BCUT2D eigenvalue weighted by atomic mass is 19.1. The van der Waals surface area contributed by atoms with E-state index in [4.69, 9.17) is 4.74 Å². The van der Waals surface area contributed by atoms with E-state index < -0.39 is 11.4 Å². The average molecular weight is 548 g/mol. The highest BCUT2D eigenvalue weighted by Gasteiger charge is 2.61. The van der Waals surface area contributed by atoms with E-state index in [-0.39, 0.29) is 29.8 Å². The second-order valence-electron chi connectivity index (χ2n) is 11.4. The van der Waals surface area contributed by atoms with Crippen molar-refractivity contribution in [1.82, 2.24) is 19.4 Å². The summed E-state index contributed by atoms with van der Waals surface area (Å²) in [6.07, 6.45) is 3.99. The number of likely N-dealkylation sites (tertiary alicyclic amines) is 1. The van der Waals surface area contributed by atoms with Crippen molar-refractivity contribution in [1.29, 1.82) is 0 Å². The number of methoxy groups -OCH3 is 1. The molecule has 2 fully saturated rings. The zero-order valence-corrected chi connectivity index (χ0v) is 23.9. The van der Waals surface area contributed by atoms with Gasteiger partial charge in [0.2, 0.25) is 5.91 Å². The van der Waals surface area contributed by atoms with Gasteiger partial charge >= 0.3 is 6.03 Å². The smallest absolute Gasteiger partial charge is 0.325 e. The Morgan fingerprint density at radius 3 is 2.60 bits per heavy atom. The van der Waals surface area contributed by atoms with Gasteiger partial charge in [-0.25, -0.2) is 14.2 Å². The summed E-state index contributed by atoms with van der Waals surface area (Å²) >= 11 is 0. The van der Waals surface area contributed by atoms with Crippen LogP contribution in [0.3, 0.4) is 0 Å². The number of rotatable bonds is 8. The Kier molecular flexibility index (Phi) is 7.57. The van der Waals surface area contributed by atoms with Crippen molar-refractivity contribution in [3.8, 4) is 5.75 Å². The van der Waals surface area contributed by atoms with Crippen molar-refractivity contribution in [3.05, 3.63) is 78.1 Å². The minimum atomic E-state index is -0.808. The van der Waals surface area contributed by atoms with E-state index in [1.54, 1.807) is 30.3 Å². The lowest BCUT2D eigenvalue weighted by molar-refractivity contribution is -0.130. The van der Waals surface area contributed by atoms with Gasteiger partial charge in [0, 0.05) is 74.1 Å². The number of anilines is 1. The van der Waals surface area contributed by atoms with E-state index in [1.165, 1.54) is 12.1 Å². The van der Waals surface area contributed by atoms with Crippen LogP contribution in [0.2, 0.25) is 0 Å². The van der Waals surface area contributed by atoms with Gasteiger partial charge in [0.1, 0.15) is 17.4 Å². The number of amides is 3. The van der Waals surface area contributed by atoms with Crippen LogP contribution in [-0.4, -0.2) is 69.6 Å². The van der Waals surface area contributed by atoms with Crippen LogP contribution in [0.15, 0.2) is 60.9 Å². The molecule has 9 heteroatoms. The number of ether oxygens (including phenoxy) is 1. The van der Waals surface area contributed by atoms with Crippen molar-refractivity contribution in [2.75, 3.05) is 31.6 Å². The summed E-state index contributed by atoms with van der Waals surface area (Å²) in [4.78, 5) is 37.6. The predicted molar refractivity (Wildman–Crippen MR) is 152 cm³/mol. The molecule has 1 spiro atoms. The minimum Gasteiger partial charge on any atom is -0.496 e. The van der Waals surface area contributed by atoms with E-state index in [9.17, 15) is 14.0 Å². The molecule has 2 atom stereocenters. The largest absolute Gasteiger partial charge is 0.496 e. The topological polar surface area (TPSA) is 70.9 Å². The van der Waals surface area contributed by atoms with Crippen LogP contribution in [0.5, 0.6) is 5.75 Å². The second-order valence-corrected chi connectivity index (χ2v) is 11.4. The number of benzene rings is 2. The van der Waals surface area contributed by atoms with Gasteiger partial charge in [-0.05, 0) is 38.1 Å². The van der Waals surface area contributed by atoms with Gasteiger partial charge in [0.25, 0.3) is 0 Å². The molecule has 212 valence electrons. The van der Waals surface area contributed by atoms with E-state index >= 15 is 0 Å². The van der Waals surface area contributed by atoms with Gasteiger partial charge in [-0.15, -0.1) is 0 Å². The number of carbonyl (C=O) groups is 2. The Balaban J connectivity index is 1.55. The highest BCUT2D eigenvalue weighted by molar-refractivity contribution is 5.97. The Morgan fingerprint density at radius 1 is 1.12 bits per heavy atom. The van der Waals surface area contributed by atoms with Gasteiger partial charge in [-0.2, -0.15) is 0 Å². The number of hydrogen-bond donors (Lipinski definition) is 0. The number of imidazole rings is 1. The zero-order valence-electron chi connectivity index (χ0n) is 23.9. The molecular weight excluding hydrogens is 509 g/mol. The predicted octanol–water partition coefficient (Wildman–Crippen LogP) is 5.26. The van der Waals surface area contributed by atoms with E-state index in [0.29, 0.717) is 44.0 Å². The lowest BCUT2D eigenvalue weighted by Gasteiger charge is -2.38. The number of para-hydroxylation sites is 1. The molecule has 0 aliphatic carbocycles. The Morgan fingerprint density at radius 2 is 1.90 bits per heavy atom. The molecule has 3 aromatic rings. The van der Waals surface area contributed by atoms with Crippen LogP contribution in [0, 0.1) is 5.82 Å². The molecule has 0 N–H and O–H groups in total. The average Bonchev–Trinajstić information content (AvgIpc) is 3.63. The fourth-order valence-electron chi connectivity index (χ4n) is 6.34. The molecule has 2 aliphatic heterocycles. The SMILES string of the molecule is COc1ccccc1C1CN(C(=O)CCn2ccnc2C(C)C)C[C@@]12CN(C(C)C)C(=O)N2c1cccc(F)c1. The minimum absolute atomic E-state index is 0.00909. The molecule has 40 heavy (non-hydrogen) atoms. The summed E-state index contributed by atoms with van der Waals surface area (Å²) in [5, 5.41) is 0. The van der Waals surface area contributed by atoms with Crippen LogP contribution in [0.4, 0.5) is 14.9 Å². The van der Waals surface area contributed by atoms with Crippen molar-refractivity contribution in [2.45, 2.75) is 64.1 Å². The van der Waals surface area contributed by atoms with Crippen LogP contribution >= 0.6 is 0 Å². The van der Waals surface area contributed by atoms with Crippen LogP contribution in [0.25, 0.3) is 0 Å². The maximum Gasteiger partial charge on any atom is 0.325 e. The summed E-state index contributed by atoms with van der Waals surface area (Å²) in [5.74, 6) is 1.25. The van der Waals surface area contributed by atoms with Gasteiger partial charge in [-0.3, -0.25) is 9.69 Å². The first kappa shape index (κ1) is 27.7. The summed E-state index contributed by atoms with van der Waals surface area (Å²) in [5.41, 5.74) is 0.608. The molecule has 3 amide bonds. The molecular formula is C31H38FN5O3.